The molecule has 1 aliphatic rings. The number of aliphatic carboxylic acids is 1. The predicted octanol–water partition coefficient (Wildman–Crippen LogP) is 2.77. The van der Waals surface area contributed by atoms with E-state index in [-0.39, 0.29) is 11.8 Å². The highest BCUT2D eigenvalue weighted by Gasteiger charge is 2.40. The van der Waals surface area contributed by atoms with Gasteiger partial charge in [0.1, 0.15) is 0 Å². The fraction of sp³-hybridized carbons (Fsp3) is 0.867. The number of carboxylic acids is 1. The van der Waals surface area contributed by atoms with Gasteiger partial charge in [-0.2, -0.15) is 0 Å². The van der Waals surface area contributed by atoms with Crippen LogP contribution in [0.15, 0.2) is 0 Å². The van der Waals surface area contributed by atoms with Crippen molar-refractivity contribution in [3.8, 4) is 0 Å². The van der Waals surface area contributed by atoms with Crippen LogP contribution in [0.2, 0.25) is 0 Å². The highest BCUT2D eigenvalue weighted by molar-refractivity contribution is 5.81. The zero-order chi connectivity index (χ0) is 14.6. The molecule has 0 radical (unpaired) electrons. The summed E-state index contributed by atoms with van der Waals surface area (Å²) < 4.78 is 0. The summed E-state index contributed by atoms with van der Waals surface area (Å²) >= 11 is 0. The third-order valence-corrected chi connectivity index (χ3v) is 4.67. The highest BCUT2D eigenvalue weighted by Crippen LogP contribution is 2.31. The van der Waals surface area contributed by atoms with Crippen LogP contribution in [0, 0.1) is 17.3 Å². The largest absolute Gasteiger partial charge is 0.481 e. The number of hydrogen-bond acceptors (Lipinski definition) is 2. The average Bonchev–Trinajstić information content (AvgIpc) is 2.39. The van der Waals surface area contributed by atoms with E-state index in [1.807, 2.05) is 6.92 Å². The molecule has 110 valence electrons. The van der Waals surface area contributed by atoms with Gasteiger partial charge in [0.15, 0.2) is 0 Å². The molecule has 2 atom stereocenters. The van der Waals surface area contributed by atoms with Crippen LogP contribution in [0.1, 0.15) is 53.4 Å². The second-order valence-electron chi connectivity index (χ2n) is 6.09. The van der Waals surface area contributed by atoms with E-state index in [4.69, 9.17) is 0 Å². The van der Waals surface area contributed by atoms with Crippen LogP contribution in [0.25, 0.3) is 0 Å². The molecule has 2 unspecified atom stereocenters. The Morgan fingerprint density at radius 3 is 2.37 bits per heavy atom. The predicted molar refractivity (Wildman–Crippen MR) is 74.8 cm³/mol. The van der Waals surface area contributed by atoms with E-state index in [0.29, 0.717) is 25.4 Å². The van der Waals surface area contributed by atoms with Gasteiger partial charge in [0.2, 0.25) is 5.91 Å². The molecular formula is C15H27NO3. The van der Waals surface area contributed by atoms with Crippen molar-refractivity contribution in [1.82, 2.24) is 4.90 Å². The Hall–Kier alpha value is -1.06. The lowest BCUT2D eigenvalue weighted by atomic mass is 9.80. The van der Waals surface area contributed by atoms with Crippen LogP contribution in [0.3, 0.4) is 0 Å². The van der Waals surface area contributed by atoms with Gasteiger partial charge in [0.05, 0.1) is 5.41 Å². The molecule has 1 fully saturated rings. The Kier molecular flexibility index (Phi) is 5.39. The number of amides is 1. The number of carbonyl (C=O) groups is 2. The van der Waals surface area contributed by atoms with Crippen molar-refractivity contribution < 1.29 is 14.7 Å². The van der Waals surface area contributed by atoms with E-state index in [2.05, 4.69) is 13.8 Å². The summed E-state index contributed by atoms with van der Waals surface area (Å²) in [5.41, 5.74) is -0.776. The molecule has 0 aliphatic carbocycles. The number of hydrogen-bond donors (Lipinski definition) is 1. The van der Waals surface area contributed by atoms with Gasteiger partial charge in [0, 0.05) is 19.0 Å². The Labute approximate surface area is 116 Å². The molecule has 4 nitrogen and oxygen atoms in total. The maximum absolute atomic E-state index is 12.5. The number of carboxylic acid groups (broad SMARTS) is 1. The fourth-order valence-electron chi connectivity index (χ4n) is 3.09. The lowest BCUT2D eigenvalue weighted by molar-refractivity contribution is -0.154. The number of likely N-dealkylation sites (tertiary alicyclic amines) is 1. The summed E-state index contributed by atoms with van der Waals surface area (Å²) in [6.07, 6.45) is 3.43. The van der Waals surface area contributed by atoms with E-state index < -0.39 is 11.4 Å². The van der Waals surface area contributed by atoms with Crippen molar-refractivity contribution in [1.29, 1.82) is 0 Å². The van der Waals surface area contributed by atoms with Crippen LogP contribution in [0.5, 0.6) is 0 Å². The van der Waals surface area contributed by atoms with Crippen LogP contribution in [0.4, 0.5) is 0 Å². The first-order valence-corrected chi connectivity index (χ1v) is 7.38. The summed E-state index contributed by atoms with van der Waals surface area (Å²) in [7, 11) is 0. The van der Waals surface area contributed by atoms with Gasteiger partial charge in [-0.15, -0.1) is 0 Å². The van der Waals surface area contributed by atoms with Gasteiger partial charge < -0.3 is 10.0 Å². The zero-order valence-electron chi connectivity index (χ0n) is 12.6. The van der Waals surface area contributed by atoms with Crippen LogP contribution in [-0.2, 0) is 9.59 Å². The second kappa shape index (κ2) is 6.40. The van der Waals surface area contributed by atoms with Crippen molar-refractivity contribution in [2.75, 3.05) is 13.1 Å². The van der Waals surface area contributed by atoms with Crippen molar-refractivity contribution in [2.45, 2.75) is 53.4 Å². The molecule has 1 aliphatic heterocycles. The molecule has 1 rings (SSSR count). The quantitative estimate of drug-likeness (QED) is 0.835. The van der Waals surface area contributed by atoms with Crippen LogP contribution < -0.4 is 0 Å². The lowest BCUT2D eigenvalue weighted by Gasteiger charge is -2.39. The van der Waals surface area contributed by atoms with Gasteiger partial charge >= 0.3 is 5.97 Å². The minimum Gasteiger partial charge on any atom is -0.481 e. The van der Waals surface area contributed by atoms with Crippen molar-refractivity contribution in [3.05, 3.63) is 0 Å². The fourth-order valence-corrected chi connectivity index (χ4v) is 3.09. The van der Waals surface area contributed by atoms with Gasteiger partial charge in [0.25, 0.3) is 0 Å². The topological polar surface area (TPSA) is 57.6 Å². The summed E-state index contributed by atoms with van der Waals surface area (Å²) in [5.74, 6) is -0.280. The van der Waals surface area contributed by atoms with Crippen molar-refractivity contribution >= 4 is 11.9 Å². The molecule has 0 aromatic rings. The first-order chi connectivity index (χ1) is 8.85. The number of carbonyl (C=O) groups excluding carboxylic acids is 1. The maximum Gasteiger partial charge on any atom is 0.311 e. The molecule has 0 bridgehead atoms. The summed E-state index contributed by atoms with van der Waals surface area (Å²) in [6, 6.07) is 0. The molecule has 1 heterocycles. The minimum absolute atomic E-state index is 0.00820. The van der Waals surface area contributed by atoms with E-state index in [9.17, 15) is 14.7 Å². The third-order valence-electron chi connectivity index (χ3n) is 4.67. The van der Waals surface area contributed by atoms with Gasteiger partial charge in [-0.3, -0.25) is 9.59 Å². The zero-order valence-corrected chi connectivity index (χ0v) is 12.6. The smallest absolute Gasteiger partial charge is 0.311 e. The van der Waals surface area contributed by atoms with Gasteiger partial charge in [-0.05, 0) is 25.7 Å². The second-order valence-corrected chi connectivity index (χ2v) is 6.09. The van der Waals surface area contributed by atoms with Crippen LogP contribution >= 0.6 is 0 Å². The van der Waals surface area contributed by atoms with Crippen LogP contribution in [-0.4, -0.2) is 35.0 Å². The van der Waals surface area contributed by atoms with E-state index >= 15 is 0 Å². The third kappa shape index (κ3) is 3.48. The molecule has 0 aromatic heterocycles. The molecule has 1 amide bonds. The molecular weight excluding hydrogens is 242 g/mol. The number of piperidine rings is 1. The van der Waals surface area contributed by atoms with Crippen molar-refractivity contribution in [2.24, 2.45) is 17.3 Å². The van der Waals surface area contributed by atoms with Gasteiger partial charge in [-0.1, -0.05) is 33.6 Å². The number of nitrogens with zero attached hydrogens (tertiary/aromatic N) is 1. The average molecular weight is 269 g/mol. The first-order valence-electron chi connectivity index (χ1n) is 7.38. The van der Waals surface area contributed by atoms with E-state index in [1.165, 1.54) is 0 Å². The highest BCUT2D eigenvalue weighted by atomic mass is 16.4. The summed E-state index contributed by atoms with van der Waals surface area (Å²) in [4.78, 5) is 25.6. The molecule has 4 heteroatoms. The summed E-state index contributed by atoms with van der Waals surface area (Å²) in [5, 5.41) is 9.30. The molecule has 1 N–H and O–H groups in total. The Balaban J connectivity index is 2.74. The first kappa shape index (κ1) is 16.0. The monoisotopic (exact) mass is 269 g/mol. The normalized spacial score (nSPS) is 25.4. The SMILES string of the molecule is CCC(CC)C(C)C(=O)N1CCCC(C)(C(=O)O)C1. The molecule has 0 saturated carbocycles. The molecule has 19 heavy (non-hydrogen) atoms. The lowest BCUT2D eigenvalue weighted by Crippen LogP contribution is -2.50. The molecule has 1 saturated heterocycles. The summed E-state index contributed by atoms with van der Waals surface area (Å²) in [6.45, 7) is 8.99. The molecule has 0 aromatic carbocycles. The standard InChI is InChI=1S/C15H27NO3/c1-5-12(6-2)11(3)13(17)16-9-7-8-15(4,10-16)14(18)19/h11-12H,5-10H2,1-4H3,(H,18,19). The van der Waals surface area contributed by atoms with Gasteiger partial charge in [-0.25, -0.2) is 0 Å². The minimum atomic E-state index is -0.791. The maximum atomic E-state index is 12.5. The van der Waals surface area contributed by atoms with Crippen molar-refractivity contribution in [3.63, 3.8) is 0 Å². The van der Waals surface area contributed by atoms with E-state index in [1.54, 1.807) is 11.8 Å². The Bertz CT molecular complexity index is 338. The molecule has 0 spiro atoms. The Morgan fingerprint density at radius 2 is 1.89 bits per heavy atom. The van der Waals surface area contributed by atoms with E-state index in [0.717, 1.165) is 19.3 Å². The Morgan fingerprint density at radius 1 is 1.32 bits per heavy atom. The number of rotatable bonds is 5.